The summed E-state index contributed by atoms with van der Waals surface area (Å²) in [6.07, 6.45) is 3.38. The first-order valence-electron chi connectivity index (χ1n) is 7.73. The minimum Gasteiger partial charge on any atom is -0.325 e. The summed E-state index contributed by atoms with van der Waals surface area (Å²) in [6, 6.07) is 8.57. The van der Waals surface area contributed by atoms with E-state index in [-0.39, 0.29) is 17.3 Å². The molecule has 1 aromatic carbocycles. The quantitative estimate of drug-likeness (QED) is 0.776. The highest BCUT2D eigenvalue weighted by Gasteiger charge is 2.20. The number of aryl methyl sites for hydroxylation is 1. The zero-order valence-corrected chi connectivity index (χ0v) is 15.3. The fourth-order valence-corrected chi connectivity index (χ4v) is 3.32. The maximum absolute atomic E-state index is 12.3. The van der Waals surface area contributed by atoms with Crippen LogP contribution in [0.5, 0.6) is 0 Å². The van der Waals surface area contributed by atoms with Crippen LogP contribution >= 0.6 is 0 Å². The average Bonchev–Trinajstić information content (AvgIpc) is 2.57. The number of hydrogen-bond acceptors (Lipinski definition) is 5. The Morgan fingerprint density at radius 3 is 2.48 bits per heavy atom. The summed E-state index contributed by atoms with van der Waals surface area (Å²) in [5.74, 6) is -0.244. The molecule has 0 aliphatic carbocycles. The number of anilines is 1. The standard InChI is InChI=1S/C17H22N4O3S/c1-13-4-5-15(10-16(13)25(23,24)21(2)3)20-17(22)12-19-11-14-6-8-18-9-7-14/h4-10,19H,11-12H2,1-3H3,(H,20,22). The molecule has 0 saturated carbocycles. The van der Waals surface area contributed by atoms with E-state index in [2.05, 4.69) is 15.6 Å². The van der Waals surface area contributed by atoms with Gasteiger partial charge < -0.3 is 10.6 Å². The van der Waals surface area contributed by atoms with Gasteiger partial charge >= 0.3 is 0 Å². The monoisotopic (exact) mass is 362 g/mol. The average molecular weight is 362 g/mol. The van der Waals surface area contributed by atoms with Crippen LogP contribution in [0.4, 0.5) is 5.69 Å². The Morgan fingerprint density at radius 2 is 1.84 bits per heavy atom. The van der Waals surface area contributed by atoms with E-state index in [4.69, 9.17) is 0 Å². The van der Waals surface area contributed by atoms with Gasteiger partial charge in [0.2, 0.25) is 15.9 Å². The van der Waals surface area contributed by atoms with Crippen LogP contribution in [-0.2, 0) is 21.4 Å². The lowest BCUT2D eigenvalue weighted by Gasteiger charge is -2.15. The fraction of sp³-hybridized carbons (Fsp3) is 0.294. The molecule has 134 valence electrons. The summed E-state index contributed by atoms with van der Waals surface area (Å²) in [6.45, 7) is 2.38. The summed E-state index contributed by atoms with van der Waals surface area (Å²) in [5, 5.41) is 5.74. The van der Waals surface area contributed by atoms with Crippen molar-refractivity contribution in [3.63, 3.8) is 0 Å². The number of carbonyl (C=O) groups is 1. The van der Waals surface area contributed by atoms with Gasteiger partial charge in [-0.1, -0.05) is 6.07 Å². The van der Waals surface area contributed by atoms with Crippen molar-refractivity contribution in [2.45, 2.75) is 18.4 Å². The fourth-order valence-electron chi connectivity index (χ4n) is 2.18. The van der Waals surface area contributed by atoms with Crippen LogP contribution < -0.4 is 10.6 Å². The van der Waals surface area contributed by atoms with E-state index >= 15 is 0 Å². The third kappa shape index (κ3) is 5.09. The molecule has 0 fully saturated rings. The number of benzene rings is 1. The second-order valence-corrected chi connectivity index (χ2v) is 7.90. The Hall–Kier alpha value is -2.29. The van der Waals surface area contributed by atoms with E-state index in [1.54, 1.807) is 31.5 Å². The second-order valence-electron chi connectivity index (χ2n) is 5.77. The number of hydrogen-bond donors (Lipinski definition) is 2. The molecule has 0 aliphatic heterocycles. The van der Waals surface area contributed by atoms with E-state index in [9.17, 15) is 13.2 Å². The lowest BCUT2D eigenvalue weighted by Crippen LogP contribution is -2.28. The largest absolute Gasteiger partial charge is 0.325 e. The number of amides is 1. The Labute approximate surface area is 148 Å². The maximum atomic E-state index is 12.3. The van der Waals surface area contributed by atoms with Crippen molar-refractivity contribution in [2.75, 3.05) is 26.0 Å². The summed E-state index contributed by atoms with van der Waals surface area (Å²) in [5.41, 5.74) is 2.10. The minimum atomic E-state index is -3.56. The summed E-state index contributed by atoms with van der Waals surface area (Å²) < 4.78 is 25.8. The van der Waals surface area contributed by atoms with Gasteiger partial charge in [0.05, 0.1) is 11.4 Å². The van der Waals surface area contributed by atoms with Crippen LogP contribution in [0.25, 0.3) is 0 Å². The molecular formula is C17H22N4O3S. The van der Waals surface area contributed by atoms with Crippen molar-refractivity contribution in [1.82, 2.24) is 14.6 Å². The number of nitrogens with zero attached hydrogens (tertiary/aromatic N) is 2. The smallest absolute Gasteiger partial charge is 0.242 e. The van der Waals surface area contributed by atoms with Crippen molar-refractivity contribution >= 4 is 21.6 Å². The molecule has 25 heavy (non-hydrogen) atoms. The van der Waals surface area contributed by atoms with Crippen molar-refractivity contribution in [2.24, 2.45) is 0 Å². The van der Waals surface area contributed by atoms with Crippen LogP contribution in [0.2, 0.25) is 0 Å². The third-order valence-electron chi connectivity index (χ3n) is 3.59. The Kier molecular flexibility index (Phi) is 6.24. The predicted molar refractivity (Wildman–Crippen MR) is 96.6 cm³/mol. The number of pyridine rings is 1. The SMILES string of the molecule is Cc1ccc(NC(=O)CNCc2ccncc2)cc1S(=O)(=O)N(C)C. The normalized spacial score (nSPS) is 11.5. The van der Waals surface area contributed by atoms with E-state index < -0.39 is 10.0 Å². The number of carbonyl (C=O) groups excluding carboxylic acids is 1. The molecule has 0 aliphatic rings. The summed E-state index contributed by atoms with van der Waals surface area (Å²) in [4.78, 5) is 16.1. The topological polar surface area (TPSA) is 91.4 Å². The zero-order valence-electron chi connectivity index (χ0n) is 14.5. The van der Waals surface area contributed by atoms with Crippen LogP contribution in [0.15, 0.2) is 47.6 Å². The van der Waals surface area contributed by atoms with Gasteiger partial charge in [0.25, 0.3) is 0 Å². The number of aromatic nitrogens is 1. The van der Waals surface area contributed by atoms with Gasteiger partial charge in [-0.15, -0.1) is 0 Å². The van der Waals surface area contributed by atoms with E-state index in [1.807, 2.05) is 12.1 Å². The van der Waals surface area contributed by atoms with Gasteiger partial charge in [-0.05, 0) is 42.3 Å². The second kappa shape index (κ2) is 8.19. The number of rotatable bonds is 7. The van der Waals surface area contributed by atoms with Gasteiger partial charge in [-0.2, -0.15) is 0 Å². The minimum absolute atomic E-state index is 0.117. The zero-order chi connectivity index (χ0) is 18.4. The van der Waals surface area contributed by atoms with Crippen LogP contribution in [0.1, 0.15) is 11.1 Å². The molecule has 2 aromatic rings. The molecule has 1 heterocycles. The first kappa shape index (κ1) is 19.0. The molecule has 2 rings (SSSR count). The lowest BCUT2D eigenvalue weighted by atomic mass is 10.2. The highest BCUT2D eigenvalue weighted by atomic mass is 32.2. The molecule has 1 aromatic heterocycles. The van der Waals surface area contributed by atoms with Gasteiger partial charge in [0.15, 0.2) is 0 Å². The first-order chi connectivity index (χ1) is 11.8. The Morgan fingerprint density at radius 1 is 1.16 bits per heavy atom. The number of sulfonamides is 1. The molecule has 2 N–H and O–H groups in total. The summed E-state index contributed by atoms with van der Waals surface area (Å²) in [7, 11) is -0.608. The highest BCUT2D eigenvalue weighted by molar-refractivity contribution is 7.89. The molecule has 0 radical (unpaired) electrons. The Balaban J connectivity index is 1.99. The van der Waals surface area contributed by atoms with E-state index in [0.29, 0.717) is 17.8 Å². The molecule has 0 unspecified atom stereocenters. The number of nitrogens with one attached hydrogen (secondary N) is 2. The molecule has 0 saturated heterocycles. The first-order valence-corrected chi connectivity index (χ1v) is 9.17. The van der Waals surface area contributed by atoms with Crippen molar-refractivity contribution in [3.8, 4) is 0 Å². The van der Waals surface area contributed by atoms with E-state index in [0.717, 1.165) is 9.87 Å². The molecule has 7 nitrogen and oxygen atoms in total. The summed E-state index contributed by atoms with van der Waals surface area (Å²) >= 11 is 0. The van der Waals surface area contributed by atoms with Crippen molar-refractivity contribution in [1.29, 1.82) is 0 Å². The molecular weight excluding hydrogens is 340 g/mol. The van der Waals surface area contributed by atoms with Gasteiger partial charge in [0, 0.05) is 38.7 Å². The molecule has 0 spiro atoms. The van der Waals surface area contributed by atoms with Crippen molar-refractivity contribution < 1.29 is 13.2 Å². The molecule has 1 amide bonds. The van der Waals surface area contributed by atoms with Crippen LogP contribution in [0, 0.1) is 6.92 Å². The van der Waals surface area contributed by atoms with Crippen LogP contribution in [0.3, 0.4) is 0 Å². The molecule has 0 atom stereocenters. The lowest BCUT2D eigenvalue weighted by molar-refractivity contribution is -0.115. The predicted octanol–water partition coefficient (Wildman–Crippen LogP) is 1.37. The molecule has 0 bridgehead atoms. The van der Waals surface area contributed by atoms with E-state index in [1.165, 1.54) is 20.2 Å². The van der Waals surface area contributed by atoms with Gasteiger partial charge in [-0.25, -0.2) is 12.7 Å². The maximum Gasteiger partial charge on any atom is 0.242 e. The van der Waals surface area contributed by atoms with Gasteiger partial charge in [-0.3, -0.25) is 9.78 Å². The molecule has 8 heteroatoms. The Bertz CT molecular complexity index is 836. The highest BCUT2D eigenvalue weighted by Crippen LogP contribution is 2.22. The van der Waals surface area contributed by atoms with Crippen molar-refractivity contribution in [3.05, 3.63) is 53.9 Å². The third-order valence-corrected chi connectivity index (χ3v) is 5.55. The van der Waals surface area contributed by atoms with Crippen LogP contribution in [-0.4, -0.2) is 44.3 Å². The van der Waals surface area contributed by atoms with Gasteiger partial charge in [0.1, 0.15) is 0 Å².